The normalized spacial score (nSPS) is 16.6. The molecule has 0 heterocycles. The van der Waals surface area contributed by atoms with Crippen molar-refractivity contribution in [3.8, 4) is 0 Å². The van der Waals surface area contributed by atoms with E-state index in [1.54, 1.807) is 0 Å². The van der Waals surface area contributed by atoms with Crippen molar-refractivity contribution in [1.29, 1.82) is 0 Å². The maximum absolute atomic E-state index is 12.2. The Bertz CT molecular complexity index is 596. The van der Waals surface area contributed by atoms with Crippen LogP contribution in [0.4, 0.5) is 0 Å². The van der Waals surface area contributed by atoms with E-state index in [1.807, 2.05) is 42.5 Å². The Labute approximate surface area is 107 Å². The molecule has 2 aromatic carbocycles. The summed E-state index contributed by atoms with van der Waals surface area (Å²) in [5.74, 6) is 0.441. The monoisotopic (exact) mass is 234 g/mol. The summed E-state index contributed by atoms with van der Waals surface area (Å²) in [6.45, 7) is 0. The summed E-state index contributed by atoms with van der Waals surface area (Å²) < 4.78 is 0. The highest BCUT2D eigenvalue weighted by Gasteiger charge is 2.20. The van der Waals surface area contributed by atoms with Gasteiger partial charge in [-0.1, -0.05) is 66.7 Å². The smallest absolute Gasteiger partial charge is 0.163 e. The summed E-state index contributed by atoms with van der Waals surface area (Å²) >= 11 is 0. The predicted octanol–water partition coefficient (Wildman–Crippen LogP) is 4.07. The molecular formula is C17H14O. The molecule has 0 saturated carbocycles. The van der Waals surface area contributed by atoms with Crippen LogP contribution in [0, 0.1) is 0 Å². The van der Waals surface area contributed by atoms with Gasteiger partial charge in [0.15, 0.2) is 5.78 Å². The summed E-state index contributed by atoms with van der Waals surface area (Å²) in [5, 5.41) is 0. The molecular weight excluding hydrogens is 220 g/mol. The molecule has 0 N–H and O–H groups in total. The van der Waals surface area contributed by atoms with Gasteiger partial charge in [0.2, 0.25) is 0 Å². The van der Waals surface area contributed by atoms with Gasteiger partial charge in [0, 0.05) is 17.9 Å². The van der Waals surface area contributed by atoms with Crippen LogP contribution in [0.2, 0.25) is 0 Å². The van der Waals surface area contributed by atoms with E-state index in [2.05, 4.69) is 24.3 Å². The molecule has 0 bridgehead atoms. The minimum atomic E-state index is 0.210. The molecule has 0 saturated heterocycles. The maximum Gasteiger partial charge on any atom is 0.163 e. The zero-order chi connectivity index (χ0) is 12.4. The average Bonchev–Trinajstić information content (AvgIpc) is 2.83. The minimum Gasteiger partial charge on any atom is -0.294 e. The van der Waals surface area contributed by atoms with E-state index in [4.69, 9.17) is 0 Å². The Morgan fingerprint density at radius 3 is 2.50 bits per heavy atom. The van der Waals surface area contributed by atoms with Gasteiger partial charge >= 0.3 is 0 Å². The van der Waals surface area contributed by atoms with Crippen molar-refractivity contribution in [3.05, 3.63) is 77.4 Å². The van der Waals surface area contributed by atoms with Crippen LogP contribution in [0.1, 0.15) is 33.8 Å². The number of rotatable bonds is 3. The SMILES string of the molecule is O=C(CC1C=Cc2ccccc21)c1ccccc1. The number of fused-ring (bicyclic) bond motifs is 1. The van der Waals surface area contributed by atoms with E-state index in [9.17, 15) is 4.79 Å². The number of allylic oxidation sites excluding steroid dienone is 1. The number of Topliss-reactive ketones (excluding diaryl/α,β-unsaturated/α-hetero) is 1. The quantitative estimate of drug-likeness (QED) is 0.732. The first-order valence-electron chi connectivity index (χ1n) is 6.20. The fraction of sp³-hybridized carbons (Fsp3) is 0.118. The van der Waals surface area contributed by atoms with Crippen molar-refractivity contribution in [1.82, 2.24) is 0 Å². The first-order valence-corrected chi connectivity index (χ1v) is 6.20. The molecule has 0 radical (unpaired) electrons. The molecule has 0 aromatic heterocycles. The van der Waals surface area contributed by atoms with Crippen LogP contribution in [0.25, 0.3) is 6.08 Å². The lowest BCUT2D eigenvalue weighted by molar-refractivity contribution is 0.0979. The van der Waals surface area contributed by atoms with Crippen molar-refractivity contribution in [2.75, 3.05) is 0 Å². The third-order valence-corrected chi connectivity index (χ3v) is 3.40. The molecule has 0 fully saturated rings. The third kappa shape index (κ3) is 2.00. The molecule has 1 atom stereocenters. The zero-order valence-electron chi connectivity index (χ0n) is 10.0. The predicted molar refractivity (Wildman–Crippen MR) is 73.6 cm³/mol. The van der Waals surface area contributed by atoms with Gasteiger partial charge in [0.25, 0.3) is 0 Å². The van der Waals surface area contributed by atoms with Gasteiger partial charge in [0.1, 0.15) is 0 Å². The number of benzene rings is 2. The molecule has 88 valence electrons. The van der Waals surface area contributed by atoms with Gasteiger partial charge < -0.3 is 0 Å². The Kier molecular flexibility index (Phi) is 2.81. The summed E-state index contributed by atoms with van der Waals surface area (Å²) in [5.41, 5.74) is 3.31. The van der Waals surface area contributed by atoms with Crippen LogP contribution >= 0.6 is 0 Å². The van der Waals surface area contributed by atoms with Gasteiger partial charge in [0.05, 0.1) is 0 Å². The van der Waals surface area contributed by atoms with E-state index in [0.29, 0.717) is 6.42 Å². The number of ketones is 1. The summed E-state index contributed by atoms with van der Waals surface area (Å²) in [6, 6.07) is 17.8. The van der Waals surface area contributed by atoms with Gasteiger partial charge in [-0.15, -0.1) is 0 Å². The summed E-state index contributed by atoms with van der Waals surface area (Å²) in [4.78, 5) is 12.2. The van der Waals surface area contributed by atoms with Crippen LogP contribution in [0.5, 0.6) is 0 Å². The second-order valence-corrected chi connectivity index (χ2v) is 4.59. The fourth-order valence-corrected chi connectivity index (χ4v) is 2.44. The highest BCUT2D eigenvalue weighted by molar-refractivity contribution is 5.97. The second kappa shape index (κ2) is 4.61. The van der Waals surface area contributed by atoms with Crippen LogP contribution in [0.15, 0.2) is 60.7 Å². The molecule has 1 heteroatoms. The first kappa shape index (κ1) is 11.0. The first-order chi connectivity index (χ1) is 8.84. The van der Waals surface area contributed by atoms with Crippen molar-refractivity contribution in [3.63, 3.8) is 0 Å². The minimum absolute atomic E-state index is 0.210. The zero-order valence-corrected chi connectivity index (χ0v) is 10.0. The standard InChI is InChI=1S/C17H14O/c18-17(14-7-2-1-3-8-14)12-15-11-10-13-6-4-5-9-16(13)15/h1-11,15H,12H2. The highest BCUT2D eigenvalue weighted by Crippen LogP contribution is 2.32. The van der Waals surface area contributed by atoms with Gasteiger partial charge in [-0.3, -0.25) is 4.79 Å². The third-order valence-electron chi connectivity index (χ3n) is 3.40. The Morgan fingerprint density at radius 1 is 0.944 bits per heavy atom. The lowest BCUT2D eigenvalue weighted by atomic mass is 9.93. The lowest BCUT2D eigenvalue weighted by Crippen LogP contribution is -2.04. The summed E-state index contributed by atoms with van der Waals surface area (Å²) in [7, 11) is 0. The second-order valence-electron chi connectivity index (χ2n) is 4.59. The molecule has 1 unspecified atom stereocenters. The van der Waals surface area contributed by atoms with Crippen molar-refractivity contribution in [2.45, 2.75) is 12.3 Å². The largest absolute Gasteiger partial charge is 0.294 e. The molecule has 0 amide bonds. The van der Waals surface area contributed by atoms with Crippen LogP contribution < -0.4 is 0 Å². The van der Waals surface area contributed by atoms with Crippen molar-refractivity contribution in [2.24, 2.45) is 0 Å². The van der Waals surface area contributed by atoms with Gasteiger partial charge in [-0.05, 0) is 11.1 Å². The van der Waals surface area contributed by atoms with Crippen molar-refractivity contribution < 1.29 is 4.79 Å². The maximum atomic E-state index is 12.2. The highest BCUT2D eigenvalue weighted by atomic mass is 16.1. The number of carbonyl (C=O) groups excluding carboxylic acids is 1. The molecule has 0 spiro atoms. The van der Waals surface area contributed by atoms with E-state index < -0.39 is 0 Å². The van der Waals surface area contributed by atoms with Crippen LogP contribution in [0.3, 0.4) is 0 Å². The molecule has 1 nitrogen and oxygen atoms in total. The molecule has 3 rings (SSSR count). The van der Waals surface area contributed by atoms with Gasteiger partial charge in [-0.25, -0.2) is 0 Å². The van der Waals surface area contributed by atoms with Crippen LogP contribution in [-0.2, 0) is 0 Å². The number of hydrogen-bond acceptors (Lipinski definition) is 1. The molecule has 1 aliphatic carbocycles. The van der Waals surface area contributed by atoms with E-state index >= 15 is 0 Å². The Hall–Kier alpha value is -2.15. The topological polar surface area (TPSA) is 17.1 Å². The summed E-state index contributed by atoms with van der Waals surface area (Å²) in [6.07, 6.45) is 4.79. The van der Waals surface area contributed by atoms with E-state index in [-0.39, 0.29) is 11.7 Å². The van der Waals surface area contributed by atoms with E-state index in [0.717, 1.165) is 5.56 Å². The molecule has 1 aliphatic rings. The van der Waals surface area contributed by atoms with Crippen LogP contribution in [-0.4, -0.2) is 5.78 Å². The average molecular weight is 234 g/mol. The Morgan fingerprint density at radius 2 is 1.67 bits per heavy atom. The number of carbonyl (C=O) groups is 1. The van der Waals surface area contributed by atoms with E-state index in [1.165, 1.54) is 11.1 Å². The van der Waals surface area contributed by atoms with Gasteiger partial charge in [-0.2, -0.15) is 0 Å². The molecule has 2 aromatic rings. The lowest BCUT2D eigenvalue weighted by Gasteiger charge is -2.10. The molecule has 18 heavy (non-hydrogen) atoms. The number of hydrogen-bond donors (Lipinski definition) is 0. The fourth-order valence-electron chi connectivity index (χ4n) is 2.44. The molecule has 0 aliphatic heterocycles. The Balaban J connectivity index is 1.80. The van der Waals surface area contributed by atoms with Crippen molar-refractivity contribution >= 4 is 11.9 Å².